The van der Waals surface area contributed by atoms with E-state index in [2.05, 4.69) is 27.7 Å². The molecule has 1 aliphatic heterocycles. The normalized spacial score (nSPS) is 44.0. The zero-order valence-electron chi connectivity index (χ0n) is 19.9. The van der Waals surface area contributed by atoms with Gasteiger partial charge in [0.15, 0.2) is 0 Å². The predicted octanol–water partition coefficient (Wildman–Crippen LogP) is 6.17. The standard InChI is InChI=1S/C25H42O5S/c1-23(2)12-5-13-25(4)21(23)10-14-24(3)20(8-6-18-11-15-29-16-18)19(7-9-22(24)25)17-30-31(26,27)28/h17-18,20-22H,5-16H2,1-4H3,(H,26,27,28)/b19-17+/t18-,20-,21-,22-,24+,25-/m0/s1. The maximum absolute atomic E-state index is 11.3. The third kappa shape index (κ3) is 4.46. The Hall–Kier alpha value is -0.590. The van der Waals surface area contributed by atoms with Crippen molar-refractivity contribution in [3.05, 3.63) is 11.8 Å². The molecule has 6 heteroatoms. The summed E-state index contributed by atoms with van der Waals surface area (Å²) in [5.41, 5.74) is 1.96. The van der Waals surface area contributed by atoms with Crippen LogP contribution in [0.3, 0.4) is 0 Å². The highest BCUT2D eigenvalue weighted by Gasteiger charge is 2.61. The molecule has 1 saturated heterocycles. The molecule has 0 bridgehead atoms. The number of rotatable bonds is 5. The minimum Gasteiger partial charge on any atom is -0.381 e. The second-order valence-electron chi connectivity index (χ2n) is 12.1. The highest BCUT2D eigenvalue weighted by molar-refractivity contribution is 7.81. The largest absolute Gasteiger partial charge is 0.445 e. The van der Waals surface area contributed by atoms with E-state index < -0.39 is 10.4 Å². The molecule has 1 heterocycles. The predicted molar refractivity (Wildman–Crippen MR) is 122 cm³/mol. The number of ether oxygens (including phenoxy) is 1. The van der Waals surface area contributed by atoms with Crippen LogP contribution in [0.2, 0.25) is 0 Å². The average Bonchev–Trinajstić information content (AvgIpc) is 3.17. The van der Waals surface area contributed by atoms with Crippen molar-refractivity contribution in [1.82, 2.24) is 0 Å². The van der Waals surface area contributed by atoms with Crippen molar-refractivity contribution in [2.75, 3.05) is 13.2 Å². The van der Waals surface area contributed by atoms with Gasteiger partial charge in [-0.1, -0.05) is 34.1 Å². The molecule has 0 spiro atoms. The van der Waals surface area contributed by atoms with E-state index in [-0.39, 0.29) is 5.41 Å². The van der Waals surface area contributed by atoms with E-state index in [1.54, 1.807) is 0 Å². The van der Waals surface area contributed by atoms with E-state index in [0.29, 0.717) is 28.6 Å². The number of fused-ring (bicyclic) bond motifs is 3. The average molecular weight is 455 g/mol. The van der Waals surface area contributed by atoms with Crippen molar-refractivity contribution < 1.29 is 21.9 Å². The minimum atomic E-state index is -4.47. The van der Waals surface area contributed by atoms with Crippen LogP contribution in [0, 0.1) is 39.9 Å². The summed E-state index contributed by atoms with van der Waals surface area (Å²) in [7, 11) is -4.47. The maximum Gasteiger partial charge on any atom is 0.445 e. The molecular formula is C25H42O5S. The van der Waals surface area contributed by atoms with Gasteiger partial charge < -0.3 is 8.92 Å². The van der Waals surface area contributed by atoms with Gasteiger partial charge in [-0.2, -0.15) is 8.42 Å². The molecule has 0 radical (unpaired) electrons. The Labute approximate surface area is 189 Å². The Bertz CT molecular complexity index is 797. The van der Waals surface area contributed by atoms with Crippen LogP contribution in [0.4, 0.5) is 0 Å². The lowest BCUT2D eigenvalue weighted by Gasteiger charge is -2.66. The van der Waals surface area contributed by atoms with Crippen molar-refractivity contribution in [2.45, 2.75) is 91.9 Å². The first-order chi connectivity index (χ1) is 14.5. The fourth-order valence-corrected chi connectivity index (χ4v) is 8.91. The van der Waals surface area contributed by atoms with Crippen LogP contribution in [0.25, 0.3) is 0 Å². The fraction of sp³-hybridized carbons (Fsp3) is 0.920. The van der Waals surface area contributed by atoms with E-state index in [9.17, 15) is 13.0 Å². The van der Waals surface area contributed by atoms with E-state index in [1.807, 2.05) is 0 Å². The van der Waals surface area contributed by atoms with Crippen molar-refractivity contribution in [3.63, 3.8) is 0 Å². The summed E-state index contributed by atoms with van der Waals surface area (Å²) in [6.45, 7) is 11.7. The van der Waals surface area contributed by atoms with E-state index >= 15 is 0 Å². The van der Waals surface area contributed by atoms with Gasteiger partial charge in [0, 0.05) is 13.2 Å². The quantitative estimate of drug-likeness (QED) is 0.397. The second-order valence-corrected chi connectivity index (χ2v) is 13.2. The summed E-state index contributed by atoms with van der Waals surface area (Å²) in [6.07, 6.45) is 13.0. The lowest BCUT2D eigenvalue weighted by molar-refractivity contribution is -0.154. The number of hydrogen-bond donors (Lipinski definition) is 1. The molecule has 3 saturated carbocycles. The van der Waals surface area contributed by atoms with Gasteiger partial charge in [-0.25, -0.2) is 0 Å². The molecule has 178 valence electrons. The Morgan fingerprint density at radius 3 is 2.48 bits per heavy atom. The van der Waals surface area contributed by atoms with Crippen molar-refractivity contribution >= 4 is 10.4 Å². The lowest BCUT2D eigenvalue weighted by atomic mass is 9.39. The molecule has 0 aromatic rings. The minimum absolute atomic E-state index is 0.144. The number of hydrogen-bond acceptors (Lipinski definition) is 4. The van der Waals surface area contributed by atoms with Crippen LogP contribution in [0.5, 0.6) is 0 Å². The zero-order valence-corrected chi connectivity index (χ0v) is 20.7. The van der Waals surface area contributed by atoms with E-state index in [4.69, 9.17) is 8.92 Å². The highest BCUT2D eigenvalue weighted by Crippen LogP contribution is 2.69. The zero-order chi connectivity index (χ0) is 22.5. The molecule has 6 atom stereocenters. The Morgan fingerprint density at radius 1 is 1.03 bits per heavy atom. The number of allylic oxidation sites excluding steroid dienone is 1. The fourth-order valence-electron chi connectivity index (χ4n) is 8.66. The van der Waals surface area contributed by atoms with Crippen LogP contribution >= 0.6 is 0 Å². The highest BCUT2D eigenvalue weighted by atomic mass is 32.3. The van der Waals surface area contributed by atoms with Gasteiger partial charge in [0.25, 0.3) is 0 Å². The van der Waals surface area contributed by atoms with Gasteiger partial charge >= 0.3 is 10.4 Å². The van der Waals surface area contributed by atoms with E-state index in [1.165, 1.54) is 38.4 Å². The molecule has 1 N–H and O–H groups in total. The second kappa shape index (κ2) is 8.32. The van der Waals surface area contributed by atoms with Gasteiger partial charge in [0.2, 0.25) is 0 Å². The molecule has 4 rings (SSSR count). The molecule has 0 unspecified atom stereocenters. The summed E-state index contributed by atoms with van der Waals surface area (Å²) in [5, 5.41) is 0. The molecule has 0 amide bonds. The Kier molecular flexibility index (Phi) is 6.33. The van der Waals surface area contributed by atoms with Gasteiger partial charge in [-0.15, -0.1) is 0 Å². The third-order valence-corrected chi connectivity index (χ3v) is 10.4. The summed E-state index contributed by atoms with van der Waals surface area (Å²) in [5.74, 6) is 2.31. The van der Waals surface area contributed by atoms with Crippen molar-refractivity contribution in [1.29, 1.82) is 0 Å². The molecular weight excluding hydrogens is 412 g/mol. The summed E-state index contributed by atoms with van der Waals surface area (Å²) >= 11 is 0. The molecule has 0 aromatic heterocycles. The van der Waals surface area contributed by atoms with Gasteiger partial charge in [0.1, 0.15) is 6.26 Å². The monoisotopic (exact) mass is 454 g/mol. The first-order valence-electron chi connectivity index (χ1n) is 12.4. The van der Waals surface area contributed by atoms with Gasteiger partial charge in [-0.3, -0.25) is 4.55 Å². The first-order valence-corrected chi connectivity index (χ1v) is 13.7. The molecule has 4 aliphatic rings. The molecule has 3 aliphatic carbocycles. The SMILES string of the molecule is CC1(C)CCC[C@]2(C)[C@H]3CC/C(=C\OS(=O)(=O)O)[C@H](CC[C@H]4CCOC4)[C@@]3(C)CC[C@@H]12. The molecule has 31 heavy (non-hydrogen) atoms. The van der Waals surface area contributed by atoms with Crippen molar-refractivity contribution in [2.24, 2.45) is 39.9 Å². The molecule has 5 nitrogen and oxygen atoms in total. The Balaban J connectivity index is 1.64. The molecule has 0 aromatic carbocycles. The third-order valence-electron chi connectivity index (χ3n) is 10.0. The Morgan fingerprint density at radius 2 is 1.81 bits per heavy atom. The smallest absolute Gasteiger partial charge is 0.381 e. The van der Waals surface area contributed by atoms with Gasteiger partial charge in [-0.05, 0) is 103 Å². The van der Waals surface area contributed by atoms with Crippen LogP contribution in [-0.2, 0) is 19.3 Å². The summed E-state index contributed by atoms with van der Waals surface area (Å²) < 4.78 is 42.2. The topological polar surface area (TPSA) is 72.8 Å². The lowest BCUT2D eigenvalue weighted by Crippen LogP contribution is -2.58. The molecule has 4 fully saturated rings. The van der Waals surface area contributed by atoms with Gasteiger partial charge in [0.05, 0.1) is 0 Å². The maximum atomic E-state index is 11.3. The summed E-state index contributed by atoms with van der Waals surface area (Å²) in [6, 6.07) is 0. The summed E-state index contributed by atoms with van der Waals surface area (Å²) in [4.78, 5) is 0. The van der Waals surface area contributed by atoms with Crippen LogP contribution < -0.4 is 0 Å². The van der Waals surface area contributed by atoms with Crippen LogP contribution in [0.1, 0.15) is 91.9 Å². The van der Waals surface area contributed by atoms with Crippen LogP contribution in [0.15, 0.2) is 11.8 Å². The van der Waals surface area contributed by atoms with Crippen LogP contribution in [-0.4, -0.2) is 26.2 Å². The van der Waals surface area contributed by atoms with Crippen molar-refractivity contribution in [3.8, 4) is 0 Å². The van der Waals surface area contributed by atoms with E-state index in [0.717, 1.165) is 56.8 Å². The first kappa shape index (κ1) is 23.6.